The number of carboxylic acids is 1. The van der Waals surface area contributed by atoms with E-state index in [0.717, 1.165) is 15.3 Å². The second-order valence-corrected chi connectivity index (χ2v) is 10.7. The second-order valence-electron chi connectivity index (χ2n) is 7.07. The monoisotopic (exact) mass is 511 g/mol. The number of carbonyl (C=O) groups is 2. The zero-order valence-electron chi connectivity index (χ0n) is 16.4. The zero-order valence-corrected chi connectivity index (χ0v) is 18.8. The molecule has 1 saturated heterocycles. The number of amides is 1. The molecule has 3 rings (SSSR count). The number of thiophene rings is 1. The maximum absolute atomic E-state index is 13.1. The first-order valence-corrected chi connectivity index (χ1v) is 11.6. The lowest BCUT2D eigenvalue weighted by Gasteiger charge is -2.43. The van der Waals surface area contributed by atoms with Gasteiger partial charge in [-0.3, -0.25) is 9.69 Å². The van der Waals surface area contributed by atoms with Gasteiger partial charge in [0.25, 0.3) is 5.91 Å². The minimum atomic E-state index is -4.38. The molecule has 0 spiro atoms. The Morgan fingerprint density at radius 2 is 1.97 bits per heavy atom. The van der Waals surface area contributed by atoms with Crippen LogP contribution < -0.4 is 5.32 Å². The van der Waals surface area contributed by atoms with Gasteiger partial charge in [0, 0.05) is 25.8 Å². The number of nitrogens with zero attached hydrogens (tertiary/aromatic N) is 2. The Labute approximate surface area is 190 Å². The largest absolute Gasteiger partial charge is 0.478 e. The van der Waals surface area contributed by atoms with Gasteiger partial charge in [-0.1, -0.05) is 17.7 Å². The van der Waals surface area contributed by atoms with Gasteiger partial charge in [0.1, 0.15) is 9.77 Å². The molecule has 8 nitrogen and oxygen atoms in total. The summed E-state index contributed by atoms with van der Waals surface area (Å²) in [4.78, 5) is 24.3. The third-order valence-corrected chi connectivity index (χ3v) is 8.08. The van der Waals surface area contributed by atoms with E-state index in [1.54, 1.807) is 0 Å². The van der Waals surface area contributed by atoms with Crippen molar-refractivity contribution in [3.63, 3.8) is 0 Å². The molecule has 174 valence electrons. The highest BCUT2D eigenvalue weighted by atomic mass is 35.5. The van der Waals surface area contributed by atoms with Crippen LogP contribution in [0.5, 0.6) is 0 Å². The highest BCUT2D eigenvalue weighted by molar-refractivity contribution is 7.89. The van der Waals surface area contributed by atoms with Crippen molar-refractivity contribution in [2.75, 3.05) is 32.0 Å². The molecule has 14 heteroatoms. The molecule has 0 unspecified atom stereocenters. The molecule has 2 aromatic rings. The standard InChI is InChI=1S/C18H17ClF3N3O5S2/c1-24(12-7-25(8-12)9-18(20,21)22)32(29,30)13-6-14(19)31-15(13)16(26)23-11-4-2-3-10(5-11)17(27)28/h2-6,12H,7-9H2,1H3,(H,23,26)(H,27,28). The molecule has 0 saturated carbocycles. The van der Waals surface area contributed by atoms with E-state index in [9.17, 15) is 31.2 Å². The zero-order chi connectivity index (χ0) is 23.8. The Hall–Kier alpha value is -2.19. The minimum absolute atomic E-state index is 0.0220. The molecule has 1 amide bonds. The van der Waals surface area contributed by atoms with E-state index in [1.165, 1.54) is 31.3 Å². The molecule has 32 heavy (non-hydrogen) atoms. The third kappa shape index (κ3) is 5.41. The van der Waals surface area contributed by atoms with Gasteiger partial charge in [-0.05, 0) is 24.3 Å². The summed E-state index contributed by atoms with van der Waals surface area (Å²) in [6, 6.07) is 5.79. The van der Waals surface area contributed by atoms with E-state index < -0.39 is 40.7 Å². The first-order chi connectivity index (χ1) is 14.8. The fraction of sp³-hybridized carbons (Fsp3) is 0.333. The molecule has 1 aliphatic rings. The van der Waals surface area contributed by atoms with E-state index in [2.05, 4.69) is 5.32 Å². The summed E-state index contributed by atoms with van der Waals surface area (Å²) in [6.07, 6.45) is -4.38. The Morgan fingerprint density at radius 3 is 2.56 bits per heavy atom. The van der Waals surface area contributed by atoms with Gasteiger partial charge in [0.2, 0.25) is 10.0 Å². The predicted molar refractivity (Wildman–Crippen MR) is 112 cm³/mol. The number of aromatic carboxylic acids is 1. The van der Waals surface area contributed by atoms with E-state index in [4.69, 9.17) is 16.7 Å². The Morgan fingerprint density at radius 1 is 1.31 bits per heavy atom. The number of carbonyl (C=O) groups excluding carboxylic acids is 1. The molecule has 1 fully saturated rings. The van der Waals surface area contributed by atoms with E-state index >= 15 is 0 Å². The van der Waals surface area contributed by atoms with E-state index in [-0.39, 0.29) is 38.4 Å². The molecule has 1 aromatic heterocycles. The van der Waals surface area contributed by atoms with Crippen molar-refractivity contribution < 1.29 is 36.3 Å². The van der Waals surface area contributed by atoms with Crippen molar-refractivity contribution in [3.8, 4) is 0 Å². The van der Waals surface area contributed by atoms with Crippen molar-refractivity contribution in [1.29, 1.82) is 0 Å². The summed E-state index contributed by atoms with van der Waals surface area (Å²) >= 11 is 6.67. The number of sulfonamides is 1. The maximum atomic E-state index is 13.1. The quantitative estimate of drug-likeness (QED) is 0.591. The number of anilines is 1. The number of carboxylic acid groups (broad SMARTS) is 1. The van der Waals surface area contributed by atoms with Gasteiger partial charge in [-0.25, -0.2) is 13.2 Å². The molecule has 0 radical (unpaired) electrons. The smallest absolute Gasteiger partial charge is 0.401 e. The topological polar surface area (TPSA) is 107 Å². The van der Waals surface area contributed by atoms with Crippen molar-refractivity contribution in [2.45, 2.75) is 17.1 Å². The molecule has 0 atom stereocenters. The summed E-state index contributed by atoms with van der Waals surface area (Å²) in [5.41, 5.74) is 0.0610. The van der Waals surface area contributed by atoms with Crippen molar-refractivity contribution >= 4 is 50.5 Å². The van der Waals surface area contributed by atoms with Gasteiger partial charge in [0.05, 0.1) is 22.5 Å². The molecule has 1 aromatic carbocycles. The first kappa shape index (κ1) is 24.5. The number of nitrogens with one attached hydrogen (secondary N) is 1. The summed E-state index contributed by atoms with van der Waals surface area (Å²) in [5.74, 6) is -2.02. The Kier molecular flexibility index (Phi) is 6.86. The summed E-state index contributed by atoms with van der Waals surface area (Å²) < 4.78 is 64.5. The number of likely N-dealkylation sites (N-methyl/N-ethyl adjacent to an activating group) is 1. The number of hydrogen-bond donors (Lipinski definition) is 2. The lowest BCUT2D eigenvalue weighted by atomic mass is 10.1. The van der Waals surface area contributed by atoms with Crippen LogP contribution in [0.1, 0.15) is 20.0 Å². The average molecular weight is 512 g/mol. The first-order valence-electron chi connectivity index (χ1n) is 8.99. The molecule has 2 heterocycles. The number of benzene rings is 1. The van der Waals surface area contributed by atoms with Crippen LogP contribution in [0.3, 0.4) is 0 Å². The second kappa shape index (κ2) is 8.98. The van der Waals surface area contributed by atoms with Crippen LogP contribution in [-0.2, 0) is 10.0 Å². The van der Waals surface area contributed by atoms with Gasteiger partial charge >= 0.3 is 12.1 Å². The van der Waals surface area contributed by atoms with Gasteiger partial charge in [0.15, 0.2) is 0 Å². The number of hydrogen-bond acceptors (Lipinski definition) is 6. The molecular weight excluding hydrogens is 495 g/mol. The van der Waals surface area contributed by atoms with Crippen LogP contribution in [0.2, 0.25) is 4.34 Å². The minimum Gasteiger partial charge on any atom is -0.478 e. The van der Waals surface area contributed by atoms with Crippen molar-refractivity contribution in [1.82, 2.24) is 9.21 Å². The Bertz CT molecular complexity index is 1150. The molecule has 0 aliphatic carbocycles. The summed E-state index contributed by atoms with van der Waals surface area (Å²) in [5, 5.41) is 11.5. The number of rotatable bonds is 7. The Balaban J connectivity index is 1.79. The van der Waals surface area contributed by atoms with E-state index in [0.29, 0.717) is 11.3 Å². The fourth-order valence-corrected chi connectivity index (χ4v) is 6.15. The lowest BCUT2D eigenvalue weighted by molar-refractivity contribution is -0.157. The van der Waals surface area contributed by atoms with Gasteiger partial charge < -0.3 is 10.4 Å². The highest BCUT2D eigenvalue weighted by Crippen LogP contribution is 2.34. The maximum Gasteiger partial charge on any atom is 0.401 e. The van der Waals surface area contributed by atoms with Crippen LogP contribution in [0.25, 0.3) is 0 Å². The van der Waals surface area contributed by atoms with Gasteiger partial charge in [-0.2, -0.15) is 17.5 Å². The van der Waals surface area contributed by atoms with Crippen molar-refractivity contribution in [3.05, 3.63) is 45.1 Å². The SMILES string of the molecule is CN(C1CN(CC(F)(F)F)C1)S(=O)(=O)c1cc(Cl)sc1C(=O)Nc1cccc(C(=O)O)c1. The molecular formula is C18H17ClF3N3O5S2. The van der Waals surface area contributed by atoms with Crippen molar-refractivity contribution in [2.24, 2.45) is 0 Å². The third-order valence-electron chi connectivity index (χ3n) is 4.75. The predicted octanol–water partition coefficient (Wildman–Crippen LogP) is 3.22. The van der Waals surface area contributed by atoms with Crippen LogP contribution in [-0.4, -0.2) is 73.5 Å². The average Bonchev–Trinajstić information content (AvgIpc) is 3.06. The van der Waals surface area contributed by atoms with Crippen LogP contribution in [0.15, 0.2) is 35.2 Å². The van der Waals surface area contributed by atoms with Crippen LogP contribution >= 0.6 is 22.9 Å². The summed E-state index contributed by atoms with van der Waals surface area (Å²) in [6.45, 7) is -1.34. The summed E-state index contributed by atoms with van der Waals surface area (Å²) in [7, 11) is -3.01. The molecule has 1 aliphatic heterocycles. The fourth-order valence-electron chi connectivity index (χ4n) is 3.12. The normalized spacial score (nSPS) is 15.6. The number of halogens is 4. The molecule has 2 N–H and O–H groups in total. The van der Waals surface area contributed by atoms with Crippen LogP contribution in [0, 0.1) is 0 Å². The van der Waals surface area contributed by atoms with Gasteiger partial charge in [-0.15, -0.1) is 11.3 Å². The highest BCUT2D eigenvalue weighted by Gasteiger charge is 2.42. The lowest BCUT2D eigenvalue weighted by Crippen LogP contribution is -2.61. The van der Waals surface area contributed by atoms with Crippen LogP contribution in [0.4, 0.5) is 18.9 Å². The number of alkyl halides is 3. The van der Waals surface area contributed by atoms with E-state index in [1.807, 2.05) is 0 Å². The number of likely N-dealkylation sites (tertiary alicyclic amines) is 1. The molecule has 0 bridgehead atoms.